The molecule has 0 amide bonds. The van der Waals surface area contributed by atoms with Crippen molar-refractivity contribution in [1.82, 2.24) is 28.7 Å². The topological polar surface area (TPSA) is 146 Å². The van der Waals surface area contributed by atoms with Crippen LogP contribution in [0.5, 0.6) is 11.5 Å². The smallest absolute Gasteiger partial charge is 0.857 e. The summed E-state index contributed by atoms with van der Waals surface area (Å²) in [6.45, 7) is 8.63. The normalized spacial score (nSPS) is 9.43. The second kappa shape index (κ2) is 32.4. The molecule has 0 spiro atoms. The van der Waals surface area contributed by atoms with E-state index in [4.69, 9.17) is 16.0 Å². The van der Waals surface area contributed by atoms with Crippen molar-refractivity contribution in [2.45, 2.75) is 34.6 Å². The average Bonchev–Trinajstić information content (AvgIpc) is 4.03. The number of imidazole rings is 3. The third-order valence-electron chi connectivity index (χ3n) is 7.53. The van der Waals surface area contributed by atoms with Gasteiger partial charge in [0.25, 0.3) is 0 Å². The number of ketones is 3. The van der Waals surface area contributed by atoms with Gasteiger partial charge in [-0.2, -0.15) is 7.11 Å². The zero-order chi connectivity index (χ0) is 45.9. The summed E-state index contributed by atoms with van der Waals surface area (Å²) in [5.41, 5.74) is 6.45. The standard InChI is InChI=1S/C13H13BrN2O2.C13H14N2O2.C12H11FN2O.CH3Br.CH3F.CH3O.Br2.Na/c1-9-7-16(8-15-9)11-4-3-10(12(17)6-14)5-13(11)18-2;1-9-7-15(8-14-9)12-5-4-11(10(2)16)6-13(12)17-3;1-8-6-15(7-14-8)12-4-3-10(9(2)16)5-11(12)13;4*1-2;/h3-5,7-8H,6H2,1-2H3;4-8H,1-3H3;3-7H,1-2H3;3*1H3;;/q;;;;;-1;;+1/i;;;;1D;;;. The summed E-state index contributed by atoms with van der Waals surface area (Å²) in [6, 6.07) is 15.2. The molecule has 0 saturated carbocycles. The van der Waals surface area contributed by atoms with Crippen molar-refractivity contribution in [2.75, 3.05) is 39.6 Å². The van der Waals surface area contributed by atoms with E-state index in [0.717, 1.165) is 35.6 Å². The summed E-state index contributed by atoms with van der Waals surface area (Å²) in [7, 11) is 2.93. The molecule has 0 fully saturated rings. The van der Waals surface area contributed by atoms with E-state index >= 15 is 0 Å². The van der Waals surface area contributed by atoms with Gasteiger partial charge in [-0.1, -0.05) is 31.9 Å². The molecule has 320 valence electrons. The minimum absolute atomic E-state index is 0. The molecule has 0 N–H and O–H groups in total. The zero-order valence-corrected chi connectivity index (χ0v) is 43.3. The summed E-state index contributed by atoms with van der Waals surface area (Å²) in [4.78, 5) is 46.3. The Balaban J connectivity index is 0. The second-order valence-electron chi connectivity index (χ2n) is 11.4. The fraction of sp³-hybridized carbons (Fsp3) is 0.268. The van der Waals surface area contributed by atoms with Crippen LogP contribution in [0.3, 0.4) is 0 Å². The van der Waals surface area contributed by atoms with Gasteiger partial charge in [0.05, 0.1) is 81.2 Å². The average molecular weight is 1100 g/mol. The number of hydrogen-bond acceptors (Lipinski definition) is 9. The molecule has 0 bridgehead atoms. The molecule has 0 aliphatic rings. The Bertz CT molecular complexity index is 2230. The van der Waals surface area contributed by atoms with Crippen molar-refractivity contribution < 1.29 is 68.7 Å². The van der Waals surface area contributed by atoms with Crippen LogP contribution < -0.4 is 44.1 Å². The Morgan fingerprint density at radius 1 is 0.683 bits per heavy atom. The van der Waals surface area contributed by atoms with Crippen LogP contribution >= 0.6 is 60.1 Å². The number of alkyl halides is 3. The van der Waals surface area contributed by atoms with Gasteiger partial charge in [-0.15, -0.1) is 0 Å². The Labute approximate surface area is 405 Å². The Kier molecular flexibility index (Phi) is 30.6. The van der Waals surface area contributed by atoms with Gasteiger partial charge < -0.3 is 28.3 Å². The van der Waals surface area contributed by atoms with E-state index in [2.05, 4.69) is 75.1 Å². The summed E-state index contributed by atoms with van der Waals surface area (Å²) in [5.74, 6) is 2.61. The fourth-order valence-corrected chi connectivity index (χ4v) is 5.17. The number of hydrogen-bond donors (Lipinski definition) is 0. The molecule has 3 aromatic carbocycles. The van der Waals surface area contributed by atoms with Gasteiger partial charge in [0.1, 0.15) is 17.3 Å². The maximum Gasteiger partial charge on any atom is 1.00 e. The minimum atomic E-state index is -1.00. The summed E-state index contributed by atoms with van der Waals surface area (Å²) < 4.78 is 45.2. The monoisotopic (exact) mass is 1100 g/mol. The van der Waals surface area contributed by atoms with E-state index in [-0.39, 0.29) is 46.9 Å². The van der Waals surface area contributed by atoms with Crippen LogP contribution in [0.2, 0.25) is 0 Å². The van der Waals surface area contributed by atoms with E-state index in [0.29, 0.717) is 39.2 Å². The molecular formula is C41H47Br4F2N6NaO6. The maximum atomic E-state index is 13.7. The number of carbonyl (C=O) groups is 3. The van der Waals surface area contributed by atoms with Crippen LogP contribution in [0.1, 0.15) is 63.4 Å². The van der Waals surface area contributed by atoms with E-state index in [9.17, 15) is 23.2 Å². The number of nitrogens with zero attached hydrogens (tertiary/aromatic N) is 6. The van der Waals surface area contributed by atoms with E-state index in [1.165, 1.54) is 19.9 Å². The van der Waals surface area contributed by atoms with Gasteiger partial charge in [0.2, 0.25) is 0 Å². The predicted molar refractivity (Wildman–Crippen MR) is 242 cm³/mol. The molecule has 19 heteroatoms. The molecule has 3 heterocycles. The van der Waals surface area contributed by atoms with E-state index < -0.39 is 13.0 Å². The summed E-state index contributed by atoms with van der Waals surface area (Å²) in [6.07, 6.45) is 10.5. The van der Waals surface area contributed by atoms with Crippen LogP contribution in [-0.2, 0) is 0 Å². The minimum Gasteiger partial charge on any atom is -0.857 e. The van der Waals surface area contributed by atoms with Gasteiger partial charge in [0, 0.05) is 63.5 Å². The van der Waals surface area contributed by atoms with E-state index in [1.807, 2.05) is 60.3 Å². The van der Waals surface area contributed by atoms with Crippen LogP contribution in [0.4, 0.5) is 8.78 Å². The Morgan fingerprint density at radius 3 is 1.30 bits per heavy atom. The van der Waals surface area contributed by atoms with Crippen molar-refractivity contribution in [3.8, 4) is 28.6 Å². The molecule has 0 atom stereocenters. The predicted octanol–water partition coefficient (Wildman–Crippen LogP) is 6.95. The quantitative estimate of drug-likeness (QED) is 0.0854. The third kappa shape index (κ3) is 18.3. The first kappa shape index (κ1) is 56.6. The van der Waals surface area contributed by atoms with Crippen molar-refractivity contribution in [3.05, 3.63) is 132 Å². The molecule has 6 aromatic rings. The number of carbonyl (C=O) groups excluding carboxylic acids is 3. The molecule has 0 aliphatic heterocycles. The molecular weight excluding hydrogens is 1050 g/mol. The van der Waals surface area contributed by atoms with Gasteiger partial charge >= 0.3 is 29.6 Å². The SMILES string of the molecule is BrBr.CBr.CC(=O)c1ccc(-n2cnc(C)c2)c(F)c1.COc1cc(C(=O)CBr)ccc1-n1cnc(C)c1.COc1cc(C(C)=O)ccc1-n1cnc(C)c1.C[O-].[2H]CF.[Na+]. The Hall–Kier alpha value is -3.36. The first-order valence-electron chi connectivity index (χ1n) is 17.5. The maximum absolute atomic E-state index is 13.7. The number of halogens is 6. The number of methoxy groups -OCH3 is 2. The molecule has 0 radical (unpaired) electrons. The third-order valence-corrected chi connectivity index (χ3v) is 8.04. The number of ether oxygens (including phenoxy) is 2. The first-order valence-corrected chi connectivity index (χ1v) is 23.3. The van der Waals surface area contributed by atoms with Crippen LogP contribution in [0.25, 0.3) is 17.1 Å². The largest absolute Gasteiger partial charge is 1.00 e. The molecule has 0 unspecified atom stereocenters. The van der Waals surface area contributed by atoms with Crippen molar-refractivity contribution >= 4 is 77.5 Å². The van der Waals surface area contributed by atoms with Crippen LogP contribution in [0.15, 0.2) is 92.2 Å². The van der Waals surface area contributed by atoms with Crippen LogP contribution in [0, 0.1) is 26.6 Å². The second-order valence-corrected chi connectivity index (χ2v) is 11.9. The van der Waals surface area contributed by atoms with E-state index in [1.54, 1.807) is 80.4 Å². The number of aromatic nitrogens is 6. The summed E-state index contributed by atoms with van der Waals surface area (Å²) >= 11 is 11.6. The van der Waals surface area contributed by atoms with Gasteiger partial charge in [-0.05, 0) is 95.0 Å². The molecule has 12 nitrogen and oxygen atoms in total. The summed E-state index contributed by atoms with van der Waals surface area (Å²) in [5, 5.41) is 8.56. The number of rotatable bonds is 9. The van der Waals surface area contributed by atoms with Crippen LogP contribution in [-0.4, -0.2) is 85.6 Å². The van der Waals surface area contributed by atoms with Crippen molar-refractivity contribution in [3.63, 3.8) is 0 Å². The number of Topliss-reactive ketones (excluding diaryl/α,β-unsaturated/α-hetero) is 3. The number of benzene rings is 3. The first-order chi connectivity index (χ1) is 28.8. The molecule has 60 heavy (non-hydrogen) atoms. The Morgan fingerprint density at radius 2 is 1.00 bits per heavy atom. The zero-order valence-electron chi connectivity index (χ0n) is 36.0. The molecule has 0 aliphatic carbocycles. The van der Waals surface area contributed by atoms with Gasteiger partial charge in [0.15, 0.2) is 17.3 Å². The molecule has 0 saturated heterocycles. The molecule has 6 rings (SSSR count). The van der Waals surface area contributed by atoms with Gasteiger partial charge in [-0.3, -0.25) is 18.8 Å². The molecule has 3 aromatic heterocycles. The van der Waals surface area contributed by atoms with Crippen molar-refractivity contribution in [2.24, 2.45) is 0 Å². The number of aryl methyl sites for hydroxylation is 3. The van der Waals surface area contributed by atoms with Gasteiger partial charge in [-0.25, -0.2) is 19.3 Å². The fourth-order valence-electron chi connectivity index (χ4n) is 4.85. The van der Waals surface area contributed by atoms with Crippen molar-refractivity contribution in [1.29, 1.82) is 0 Å².